The number of aromatic hydroxyl groups is 1. The topological polar surface area (TPSA) is 73.2 Å². The van der Waals surface area contributed by atoms with Crippen molar-refractivity contribution in [2.75, 3.05) is 80.0 Å². The molecule has 1 aliphatic heterocycles. The molecule has 3 atom stereocenters. The fourth-order valence-electron chi connectivity index (χ4n) is 6.84. The Morgan fingerprint density at radius 1 is 0.787 bits per heavy atom. The Morgan fingerprint density at radius 2 is 1.40 bits per heavy atom. The van der Waals surface area contributed by atoms with Crippen molar-refractivity contribution >= 4 is 17.4 Å². The van der Waals surface area contributed by atoms with E-state index in [1.165, 1.54) is 37.8 Å². The lowest BCUT2D eigenvalue weighted by Gasteiger charge is -2.43. The van der Waals surface area contributed by atoms with Gasteiger partial charge < -0.3 is 33.9 Å². The first-order valence-corrected chi connectivity index (χ1v) is 19.0. The zero-order valence-electron chi connectivity index (χ0n) is 31.1. The third-order valence-corrected chi connectivity index (χ3v) is 12.0. The van der Waals surface area contributed by atoms with Crippen LogP contribution in [0.15, 0.2) is 41.3 Å². The van der Waals surface area contributed by atoms with Crippen LogP contribution in [0.4, 0.5) is 5.69 Å². The van der Waals surface area contributed by atoms with Crippen molar-refractivity contribution in [3.8, 4) is 11.5 Å². The van der Waals surface area contributed by atoms with Gasteiger partial charge in [0.15, 0.2) is 0 Å². The quantitative estimate of drug-likeness (QED) is 0.106. The largest absolute Gasteiger partial charge is 0.505 e. The molecule has 3 N–H and O–H groups in total. The summed E-state index contributed by atoms with van der Waals surface area (Å²) in [6, 6.07) is 12.0. The number of rotatable bonds is 19. The second kappa shape index (κ2) is 17.6. The lowest BCUT2D eigenvalue weighted by molar-refractivity contribution is -0.945. The Labute approximate surface area is 291 Å². The monoisotopic (exact) mass is 673 g/mol. The zero-order valence-corrected chi connectivity index (χ0v) is 31.9. The Bertz CT molecular complexity index is 1230. The molecule has 0 fully saturated rings. The number of unbranched alkanes of at least 4 members (excludes halogenated alkanes) is 4. The van der Waals surface area contributed by atoms with Gasteiger partial charge >= 0.3 is 0 Å². The van der Waals surface area contributed by atoms with Gasteiger partial charge in [0.05, 0.1) is 59.7 Å². The number of nitrogens with zero attached hydrogens (tertiary/aromatic N) is 3. The van der Waals surface area contributed by atoms with Gasteiger partial charge in [0.2, 0.25) is 0 Å². The van der Waals surface area contributed by atoms with Crippen LogP contribution in [0.3, 0.4) is 0 Å². The number of anilines is 1. The predicted molar refractivity (Wildman–Crippen MR) is 199 cm³/mol. The number of aliphatic hydroxyl groups is 2. The van der Waals surface area contributed by atoms with E-state index in [9.17, 15) is 15.3 Å². The third-order valence-electron chi connectivity index (χ3n) is 10.7. The first kappa shape index (κ1) is 39.5. The van der Waals surface area contributed by atoms with E-state index in [0.29, 0.717) is 17.9 Å². The van der Waals surface area contributed by atoms with Gasteiger partial charge in [0, 0.05) is 35.9 Å². The van der Waals surface area contributed by atoms with Gasteiger partial charge in [-0.25, -0.2) is 0 Å². The van der Waals surface area contributed by atoms with E-state index in [1.807, 2.05) is 55.4 Å². The number of likely N-dealkylation sites (N-methyl/N-ethyl adjacent to an activating group) is 2. The molecule has 7 nitrogen and oxygen atoms in total. The number of phenolic OH excluding ortho intramolecular Hbond substituents is 1. The fourth-order valence-corrected chi connectivity index (χ4v) is 8.18. The summed E-state index contributed by atoms with van der Waals surface area (Å²) in [5, 5.41) is 35.9. The maximum Gasteiger partial charge on any atom is 0.143 e. The highest BCUT2D eigenvalue weighted by molar-refractivity contribution is 7.99. The molecule has 47 heavy (non-hydrogen) atoms. The van der Waals surface area contributed by atoms with Crippen LogP contribution >= 0.6 is 11.8 Å². The lowest BCUT2D eigenvalue weighted by atomic mass is 9.67. The number of fused-ring (bicyclic) bond motifs is 1. The second-order valence-corrected chi connectivity index (χ2v) is 16.5. The molecule has 0 spiro atoms. The van der Waals surface area contributed by atoms with E-state index in [-0.39, 0.29) is 5.75 Å². The van der Waals surface area contributed by atoms with Crippen LogP contribution < -0.4 is 9.64 Å². The number of benzene rings is 2. The lowest BCUT2D eigenvalue weighted by Crippen LogP contribution is -2.51. The molecular formula is C39H67N3O4S+2. The average molecular weight is 674 g/mol. The summed E-state index contributed by atoms with van der Waals surface area (Å²) in [6.07, 6.45) is 7.78. The van der Waals surface area contributed by atoms with Crippen molar-refractivity contribution in [1.82, 2.24) is 0 Å². The Morgan fingerprint density at radius 3 is 1.98 bits per heavy atom. The smallest absolute Gasteiger partial charge is 0.143 e. The van der Waals surface area contributed by atoms with Crippen molar-refractivity contribution in [3.63, 3.8) is 0 Å². The summed E-state index contributed by atoms with van der Waals surface area (Å²) in [5.41, 5.74) is 0.859. The molecule has 2 aromatic rings. The highest BCUT2D eigenvalue weighted by atomic mass is 32.2. The summed E-state index contributed by atoms with van der Waals surface area (Å²) < 4.78 is 8.30. The molecule has 0 bridgehead atoms. The molecule has 0 amide bonds. The van der Waals surface area contributed by atoms with Crippen LogP contribution in [0.5, 0.6) is 11.5 Å². The molecule has 0 aromatic heterocycles. The second-order valence-electron chi connectivity index (χ2n) is 15.4. The number of ether oxygens (including phenoxy) is 1. The minimum absolute atomic E-state index is 0.174. The van der Waals surface area contributed by atoms with Crippen molar-refractivity contribution < 1.29 is 29.0 Å². The minimum atomic E-state index is -0.867. The molecule has 266 valence electrons. The van der Waals surface area contributed by atoms with Crippen LogP contribution in [-0.2, 0) is 0 Å². The first-order valence-electron chi connectivity index (χ1n) is 18.1. The molecule has 0 saturated heterocycles. The summed E-state index contributed by atoms with van der Waals surface area (Å²) >= 11 is 1.39. The molecule has 0 radical (unpaired) electrons. The van der Waals surface area contributed by atoms with E-state index in [4.69, 9.17) is 4.74 Å². The number of hydrogen-bond donors (Lipinski definition) is 3. The number of quaternary nitrogens is 2. The van der Waals surface area contributed by atoms with Crippen molar-refractivity contribution in [2.24, 2.45) is 5.41 Å². The Hall–Kier alpha value is -1.97. The molecular weight excluding hydrogens is 607 g/mol. The number of thioether (sulfide) groups is 1. The molecule has 0 aliphatic carbocycles. The van der Waals surface area contributed by atoms with Gasteiger partial charge in [0.25, 0.3) is 0 Å². The summed E-state index contributed by atoms with van der Waals surface area (Å²) in [4.78, 5) is 2.73. The van der Waals surface area contributed by atoms with Crippen LogP contribution in [0.25, 0.3) is 0 Å². The van der Waals surface area contributed by atoms with E-state index in [0.717, 1.165) is 83.1 Å². The van der Waals surface area contributed by atoms with Crippen LogP contribution in [0.2, 0.25) is 0 Å². The normalized spacial score (nSPS) is 19.7. The van der Waals surface area contributed by atoms with Crippen LogP contribution in [0.1, 0.15) is 95.6 Å². The van der Waals surface area contributed by atoms with Crippen molar-refractivity contribution in [2.45, 2.75) is 101 Å². The maximum atomic E-state index is 12.4. The Balaban J connectivity index is 1.78. The number of aliphatic hydroxyl groups excluding tert-OH is 2. The van der Waals surface area contributed by atoms with Gasteiger partial charge in [-0.15, -0.1) is 0 Å². The van der Waals surface area contributed by atoms with Gasteiger partial charge in [0.1, 0.15) is 30.0 Å². The summed E-state index contributed by atoms with van der Waals surface area (Å²) in [7, 11) is 13.1. The third kappa shape index (κ3) is 10.3. The van der Waals surface area contributed by atoms with E-state index < -0.39 is 22.9 Å². The van der Waals surface area contributed by atoms with Crippen LogP contribution in [0, 0.1) is 5.41 Å². The molecule has 3 rings (SSSR count). The summed E-state index contributed by atoms with van der Waals surface area (Å²) in [6.45, 7) is 12.0. The maximum absolute atomic E-state index is 12.4. The first-order chi connectivity index (χ1) is 22.2. The molecule has 2 aromatic carbocycles. The highest BCUT2D eigenvalue weighted by Crippen LogP contribution is 2.57. The van der Waals surface area contributed by atoms with Gasteiger partial charge in [-0.2, -0.15) is 0 Å². The van der Waals surface area contributed by atoms with Gasteiger partial charge in [-0.05, 0) is 68.9 Å². The van der Waals surface area contributed by atoms with Crippen LogP contribution in [-0.4, -0.2) is 111 Å². The molecule has 1 heterocycles. The van der Waals surface area contributed by atoms with E-state index in [1.54, 1.807) is 0 Å². The number of phenols is 1. The molecule has 1 aliphatic rings. The zero-order chi connectivity index (χ0) is 34.8. The Kier molecular flexibility index (Phi) is 14.8. The summed E-state index contributed by atoms with van der Waals surface area (Å²) in [5.74, 6) is 0.505. The van der Waals surface area contributed by atoms with Gasteiger partial charge in [-0.3, -0.25) is 0 Å². The predicted octanol–water partition coefficient (Wildman–Crippen LogP) is 7.46. The van der Waals surface area contributed by atoms with Crippen molar-refractivity contribution in [1.29, 1.82) is 0 Å². The number of hydrogen-bond acceptors (Lipinski definition) is 6. The SMILES string of the molecule is CCCCC1(CCCC)[C@H](O)[C@H](c2ccc(OCCCCC[N+](C)(C)CC[N+](C)(C)CC)cc2)c2c(ccc(N(C)C)c2O)S[C@@H]1O. The molecule has 8 heteroatoms. The minimum Gasteiger partial charge on any atom is -0.505 e. The average Bonchev–Trinajstić information content (AvgIpc) is 3.12. The van der Waals surface area contributed by atoms with Crippen molar-refractivity contribution in [3.05, 3.63) is 47.5 Å². The standard InChI is InChI=1S/C39H66N3O4S/c1-10-13-24-39(25-14-11-2)37(44)34(35-33(47-38(39)45)23-22-32(36(35)43)40(4)5)30-18-20-31(21-19-30)46-29-17-15-16-26-42(8,9)28-27-41(6,7)12-3/h18-23,34,37-38,44-45H,10-17,24-29H2,1-9H3/q+1/p+1/t34-,37-,38+/m1/s1. The fraction of sp³-hybridized carbons (Fsp3) is 0.692. The van der Waals surface area contributed by atoms with E-state index >= 15 is 0 Å². The molecule has 0 unspecified atom stereocenters. The highest BCUT2D eigenvalue weighted by Gasteiger charge is 2.51. The van der Waals surface area contributed by atoms with Gasteiger partial charge in [-0.1, -0.05) is 63.4 Å². The molecule has 0 saturated carbocycles. The van der Waals surface area contributed by atoms with E-state index in [2.05, 4.69) is 49.0 Å².